The number of benzene rings is 2. The summed E-state index contributed by atoms with van der Waals surface area (Å²) in [5, 5.41) is 11.8. The molecule has 146 valence electrons. The highest BCUT2D eigenvalue weighted by Gasteiger charge is 2.23. The zero-order chi connectivity index (χ0) is 19.4. The minimum Gasteiger partial charge on any atom is -0.491 e. The van der Waals surface area contributed by atoms with Gasteiger partial charge in [0.1, 0.15) is 25.0 Å². The number of nitrogens with zero attached hydrogens (tertiary/aromatic N) is 1. The van der Waals surface area contributed by atoms with E-state index in [1.807, 2.05) is 37.3 Å². The third-order valence-electron chi connectivity index (χ3n) is 5.08. The zero-order valence-corrected chi connectivity index (χ0v) is 17.4. The summed E-state index contributed by atoms with van der Waals surface area (Å²) in [5.41, 5.74) is 3.43. The lowest BCUT2D eigenvalue weighted by molar-refractivity contribution is -0.903. The van der Waals surface area contributed by atoms with Gasteiger partial charge in [0.2, 0.25) is 0 Å². The van der Waals surface area contributed by atoms with Gasteiger partial charge >= 0.3 is 0 Å². The summed E-state index contributed by atoms with van der Waals surface area (Å²) in [7, 11) is 0. The largest absolute Gasteiger partial charge is 0.491 e. The molecule has 6 heteroatoms. The van der Waals surface area contributed by atoms with Crippen LogP contribution in [0, 0.1) is 13.8 Å². The van der Waals surface area contributed by atoms with E-state index in [1.165, 1.54) is 16.2 Å². The summed E-state index contributed by atoms with van der Waals surface area (Å²) in [6.45, 7) is 8.94. The highest BCUT2D eigenvalue weighted by Crippen LogP contribution is 2.24. The van der Waals surface area contributed by atoms with Crippen LogP contribution in [0.2, 0.25) is 10.0 Å². The molecule has 0 bridgehead atoms. The van der Waals surface area contributed by atoms with Crippen molar-refractivity contribution in [1.82, 2.24) is 0 Å². The molecule has 0 amide bonds. The van der Waals surface area contributed by atoms with Crippen molar-refractivity contribution in [3.63, 3.8) is 0 Å². The number of rotatable bonds is 6. The Morgan fingerprint density at radius 1 is 1.07 bits per heavy atom. The van der Waals surface area contributed by atoms with Crippen molar-refractivity contribution >= 4 is 28.9 Å². The molecule has 0 aliphatic carbocycles. The molecule has 2 N–H and O–H groups in total. The van der Waals surface area contributed by atoms with Gasteiger partial charge in [-0.2, -0.15) is 0 Å². The number of aliphatic hydroxyl groups excluding tert-OH is 1. The Kier molecular flexibility index (Phi) is 6.88. The van der Waals surface area contributed by atoms with E-state index in [0.29, 0.717) is 13.2 Å². The van der Waals surface area contributed by atoms with Gasteiger partial charge in [0.25, 0.3) is 0 Å². The van der Waals surface area contributed by atoms with Gasteiger partial charge in [-0.3, -0.25) is 0 Å². The predicted molar refractivity (Wildman–Crippen MR) is 112 cm³/mol. The van der Waals surface area contributed by atoms with Crippen molar-refractivity contribution in [3.05, 3.63) is 57.6 Å². The summed E-state index contributed by atoms with van der Waals surface area (Å²) >= 11 is 12.2. The van der Waals surface area contributed by atoms with Crippen molar-refractivity contribution in [2.45, 2.75) is 20.0 Å². The highest BCUT2D eigenvalue weighted by atomic mass is 35.5. The second-order valence-corrected chi connectivity index (χ2v) is 8.09. The van der Waals surface area contributed by atoms with Gasteiger partial charge in [0, 0.05) is 15.7 Å². The number of hydrogen-bond donors (Lipinski definition) is 2. The molecule has 1 aliphatic rings. The fraction of sp³-hybridized carbons (Fsp3) is 0.429. The van der Waals surface area contributed by atoms with E-state index in [2.05, 4.69) is 17.9 Å². The van der Waals surface area contributed by atoms with Gasteiger partial charge < -0.3 is 19.6 Å². The number of aliphatic hydroxyl groups is 1. The van der Waals surface area contributed by atoms with Crippen LogP contribution in [0.5, 0.6) is 5.75 Å². The number of anilines is 1. The molecule has 3 rings (SSSR count). The van der Waals surface area contributed by atoms with Gasteiger partial charge in [0.15, 0.2) is 0 Å². The molecule has 0 aromatic heterocycles. The molecule has 0 spiro atoms. The minimum absolute atomic E-state index is 0.293. The molecule has 1 saturated heterocycles. The number of halogens is 2. The normalized spacial score (nSPS) is 16.4. The first-order valence-electron chi connectivity index (χ1n) is 9.34. The molecule has 1 atom stereocenters. The van der Waals surface area contributed by atoms with Crippen LogP contribution in [-0.2, 0) is 0 Å². The molecular formula is C21H27Cl2N2O2+. The van der Waals surface area contributed by atoms with Gasteiger partial charge in [-0.05, 0) is 55.3 Å². The first-order chi connectivity index (χ1) is 12.9. The van der Waals surface area contributed by atoms with Gasteiger partial charge in [-0.15, -0.1) is 0 Å². The van der Waals surface area contributed by atoms with Crippen molar-refractivity contribution < 1.29 is 14.7 Å². The number of ether oxygens (including phenoxy) is 1. The second-order valence-electron chi connectivity index (χ2n) is 7.25. The lowest BCUT2D eigenvalue weighted by Gasteiger charge is -2.35. The Bertz CT molecular complexity index is 777. The summed E-state index contributed by atoms with van der Waals surface area (Å²) in [4.78, 5) is 3.78. The molecule has 0 saturated carbocycles. The molecule has 27 heavy (non-hydrogen) atoms. The van der Waals surface area contributed by atoms with Crippen LogP contribution >= 0.6 is 23.2 Å². The summed E-state index contributed by atoms with van der Waals surface area (Å²) in [5.74, 6) is 0.743. The van der Waals surface area contributed by atoms with Crippen LogP contribution in [0.25, 0.3) is 0 Å². The van der Waals surface area contributed by atoms with E-state index in [1.54, 1.807) is 0 Å². The second kappa shape index (κ2) is 9.16. The maximum atomic E-state index is 10.3. The molecule has 2 aromatic carbocycles. The van der Waals surface area contributed by atoms with Crippen LogP contribution in [0.1, 0.15) is 11.1 Å². The number of nitrogens with one attached hydrogen (secondary N) is 1. The molecule has 2 aromatic rings. The van der Waals surface area contributed by atoms with E-state index >= 15 is 0 Å². The van der Waals surface area contributed by atoms with Crippen molar-refractivity contribution in [1.29, 1.82) is 0 Å². The van der Waals surface area contributed by atoms with Crippen LogP contribution in [0.15, 0.2) is 36.4 Å². The molecule has 1 fully saturated rings. The fourth-order valence-corrected chi connectivity index (χ4v) is 3.77. The lowest BCUT2D eigenvalue weighted by Crippen LogP contribution is -3.16. The van der Waals surface area contributed by atoms with Crippen LogP contribution < -0.4 is 14.5 Å². The third-order valence-corrected chi connectivity index (χ3v) is 5.74. The maximum absolute atomic E-state index is 10.3. The van der Waals surface area contributed by atoms with Crippen LogP contribution in [0.4, 0.5) is 5.69 Å². The Morgan fingerprint density at radius 2 is 1.81 bits per heavy atom. The average molecular weight is 410 g/mol. The van der Waals surface area contributed by atoms with Crippen LogP contribution in [-0.4, -0.2) is 50.5 Å². The van der Waals surface area contributed by atoms with Crippen molar-refractivity contribution in [2.75, 3.05) is 44.2 Å². The Morgan fingerprint density at radius 3 is 2.52 bits per heavy atom. The van der Waals surface area contributed by atoms with Crippen LogP contribution in [0.3, 0.4) is 0 Å². The first-order valence-corrected chi connectivity index (χ1v) is 10.1. The standard InChI is InChI=1S/C21H26Cl2N2O2/c1-15-3-4-17(22)12-21(15)25-9-7-24(8-10-25)13-18(26)14-27-19-5-6-20(23)16(2)11-19/h3-6,11-12,18,26H,7-10,13-14H2,1-2H3/p+1/t18-/m0/s1. The van der Waals surface area contributed by atoms with Gasteiger partial charge in [-0.25, -0.2) is 0 Å². The minimum atomic E-state index is -0.490. The zero-order valence-electron chi connectivity index (χ0n) is 15.8. The molecule has 1 aliphatic heterocycles. The molecule has 0 unspecified atom stereocenters. The molecule has 0 radical (unpaired) electrons. The summed E-state index contributed by atoms with van der Waals surface area (Å²) < 4.78 is 5.72. The number of piperazine rings is 1. The monoisotopic (exact) mass is 409 g/mol. The fourth-order valence-electron chi connectivity index (χ4n) is 3.48. The quantitative estimate of drug-likeness (QED) is 0.769. The Hall–Kier alpha value is -1.46. The number of quaternary nitrogens is 1. The number of hydrogen-bond acceptors (Lipinski definition) is 3. The van der Waals surface area contributed by atoms with E-state index in [9.17, 15) is 5.11 Å². The summed E-state index contributed by atoms with van der Waals surface area (Å²) in [6.07, 6.45) is -0.490. The van der Waals surface area contributed by atoms with Crippen molar-refractivity contribution in [2.24, 2.45) is 0 Å². The first kappa shape index (κ1) is 20.3. The summed E-state index contributed by atoms with van der Waals surface area (Å²) in [6, 6.07) is 11.6. The van der Waals surface area contributed by atoms with Gasteiger partial charge in [0.05, 0.1) is 26.2 Å². The Balaban J connectivity index is 1.45. The highest BCUT2D eigenvalue weighted by molar-refractivity contribution is 6.31. The SMILES string of the molecule is Cc1cc(OC[C@@H](O)C[NH+]2CCN(c3cc(Cl)ccc3C)CC2)ccc1Cl. The maximum Gasteiger partial charge on any atom is 0.137 e. The Labute approximate surface area is 171 Å². The smallest absolute Gasteiger partial charge is 0.137 e. The predicted octanol–water partition coefficient (Wildman–Crippen LogP) is 2.76. The molecular weight excluding hydrogens is 383 g/mol. The van der Waals surface area contributed by atoms with E-state index < -0.39 is 6.10 Å². The molecule has 4 nitrogen and oxygen atoms in total. The van der Waals surface area contributed by atoms with Gasteiger partial charge in [-0.1, -0.05) is 29.3 Å². The van der Waals surface area contributed by atoms with E-state index in [-0.39, 0.29) is 0 Å². The number of aryl methyl sites for hydroxylation is 2. The average Bonchev–Trinajstić information content (AvgIpc) is 2.65. The topological polar surface area (TPSA) is 37.1 Å². The van der Waals surface area contributed by atoms with Crippen molar-refractivity contribution in [3.8, 4) is 5.75 Å². The lowest BCUT2D eigenvalue weighted by atomic mass is 10.1. The van der Waals surface area contributed by atoms with E-state index in [4.69, 9.17) is 27.9 Å². The van der Waals surface area contributed by atoms with E-state index in [0.717, 1.165) is 47.5 Å². The third kappa shape index (κ3) is 5.52. The molecule has 1 heterocycles.